The molecular weight excluding hydrogens is 204 g/mol. The van der Waals surface area contributed by atoms with Gasteiger partial charge >= 0.3 is 0 Å². The molecule has 1 fully saturated rings. The van der Waals surface area contributed by atoms with Gasteiger partial charge in [-0.3, -0.25) is 4.79 Å². The van der Waals surface area contributed by atoms with E-state index < -0.39 is 5.54 Å². The number of aliphatic hydroxyl groups excluding tert-OH is 1. The minimum absolute atomic E-state index is 0.0245. The van der Waals surface area contributed by atoms with Crippen molar-refractivity contribution in [1.82, 2.24) is 10.6 Å². The van der Waals surface area contributed by atoms with Crippen molar-refractivity contribution >= 4 is 5.91 Å². The predicted octanol–water partition coefficient (Wildman–Crippen LogP) is 0.653. The minimum Gasteiger partial charge on any atom is -0.394 e. The van der Waals surface area contributed by atoms with Crippen molar-refractivity contribution < 1.29 is 9.90 Å². The van der Waals surface area contributed by atoms with Crippen molar-refractivity contribution in [2.75, 3.05) is 19.7 Å². The first-order chi connectivity index (χ1) is 7.67. The molecule has 0 aromatic carbocycles. The van der Waals surface area contributed by atoms with Crippen molar-refractivity contribution in [3.63, 3.8) is 0 Å². The van der Waals surface area contributed by atoms with Crippen LogP contribution in [0.1, 0.15) is 39.5 Å². The quantitative estimate of drug-likeness (QED) is 0.647. The molecule has 0 aromatic heterocycles. The van der Waals surface area contributed by atoms with Gasteiger partial charge in [-0.1, -0.05) is 13.8 Å². The predicted molar refractivity (Wildman–Crippen MR) is 64.1 cm³/mol. The molecule has 94 valence electrons. The molecule has 1 amide bonds. The summed E-state index contributed by atoms with van der Waals surface area (Å²) >= 11 is 0. The maximum absolute atomic E-state index is 12.0. The maximum atomic E-state index is 12.0. The summed E-state index contributed by atoms with van der Waals surface area (Å²) in [6.07, 6.45) is 3.36. The monoisotopic (exact) mass is 228 g/mol. The first-order valence-corrected chi connectivity index (χ1v) is 6.31. The Morgan fingerprint density at radius 3 is 2.38 bits per heavy atom. The molecule has 0 spiro atoms. The molecule has 0 aliphatic carbocycles. The van der Waals surface area contributed by atoms with Gasteiger partial charge in [0.25, 0.3) is 0 Å². The van der Waals surface area contributed by atoms with Gasteiger partial charge in [-0.25, -0.2) is 0 Å². The molecule has 0 radical (unpaired) electrons. The number of aliphatic hydroxyl groups is 1. The van der Waals surface area contributed by atoms with E-state index >= 15 is 0 Å². The number of carbonyl (C=O) groups is 1. The van der Waals surface area contributed by atoms with E-state index in [1.165, 1.54) is 0 Å². The maximum Gasteiger partial charge on any atom is 0.223 e. The Labute approximate surface area is 97.8 Å². The van der Waals surface area contributed by atoms with Gasteiger partial charge in [-0.05, 0) is 38.8 Å². The summed E-state index contributed by atoms with van der Waals surface area (Å²) in [6.45, 7) is 5.87. The highest BCUT2D eigenvalue weighted by molar-refractivity contribution is 5.79. The third-order valence-corrected chi connectivity index (χ3v) is 3.75. The Hall–Kier alpha value is -0.610. The molecule has 0 unspecified atom stereocenters. The van der Waals surface area contributed by atoms with Crippen LogP contribution in [-0.4, -0.2) is 36.2 Å². The Balaban J connectivity index is 2.53. The first-order valence-electron chi connectivity index (χ1n) is 6.31. The van der Waals surface area contributed by atoms with Crippen LogP contribution in [-0.2, 0) is 4.79 Å². The number of rotatable bonds is 5. The van der Waals surface area contributed by atoms with Crippen LogP contribution in [0.2, 0.25) is 0 Å². The van der Waals surface area contributed by atoms with E-state index in [9.17, 15) is 9.90 Å². The van der Waals surface area contributed by atoms with Gasteiger partial charge in [0.15, 0.2) is 0 Å². The van der Waals surface area contributed by atoms with E-state index in [-0.39, 0.29) is 18.4 Å². The lowest BCUT2D eigenvalue weighted by Gasteiger charge is -2.33. The van der Waals surface area contributed by atoms with Gasteiger partial charge in [-0.2, -0.15) is 0 Å². The topological polar surface area (TPSA) is 61.4 Å². The zero-order chi connectivity index (χ0) is 12.0. The SMILES string of the molecule is CCC(CC)(CO)NC(=O)C1CCNCC1. The van der Waals surface area contributed by atoms with Crippen LogP contribution in [0.15, 0.2) is 0 Å². The van der Waals surface area contributed by atoms with Gasteiger partial charge in [-0.15, -0.1) is 0 Å². The minimum atomic E-state index is -0.415. The second-order valence-electron chi connectivity index (χ2n) is 4.66. The van der Waals surface area contributed by atoms with Crippen molar-refractivity contribution in [1.29, 1.82) is 0 Å². The van der Waals surface area contributed by atoms with E-state index in [1.807, 2.05) is 13.8 Å². The van der Waals surface area contributed by atoms with Gasteiger partial charge in [0, 0.05) is 5.92 Å². The Morgan fingerprint density at radius 2 is 1.94 bits per heavy atom. The molecule has 3 N–H and O–H groups in total. The summed E-state index contributed by atoms with van der Waals surface area (Å²) in [4.78, 5) is 12.0. The van der Waals surface area contributed by atoms with E-state index in [1.54, 1.807) is 0 Å². The smallest absolute Gasteiger partial charge is 0.223 e. The summed E-state index contributed by atoms with van der Waals surface area (Å²) in [7, 11) is 0. The fourth-order valence-electron chi connectivity index (χ4n) is 2.14. The number of hydrogen-bond donors (Lipinski definition) is 3. The van der Waals surface area contributed by atoms with Gasteiger partial charge in [0.1, 0.15) is 0 Å². The molecule has 0 aromatic rings. The molecule has 0 saturated carbocycles. The standard InChI is InChI=1S/C12H24N2O2/c1-3-12(4-2,9-15)14-11(16)10-5-7-13-8-6-10/h10,13,15H,3-9H2,1-2H3,(H,14,16). The third-order valence-electron chi connectivity index (χ3n) is 3.75. The molecule has 1 rings (SSSR count). The molecule has 4 nitrogen and oxygen atoms in total. The van der Waals surface area contributed by atoms with E-state index in [0.717, 1.165) is 38.8 Å². The second-order valence-corrected chi connectivity index (χ2v) is 4.66. The van der Waals surface area contributed by atoms with Gasteiger partial charge < -0.3 is 15.7 Å². The van der Waals surface area contributed by atoms with Crippen LogP contribution < -0.4 is 10.6 Å². The molecular formula is C12H24N2O2. The number of nitrogens with one attached hydrogen (secondary N) is 2. The van der Waals surface area contributed by atoms with Crippen LogP contribution in [0, 0.1) is 5.92 Å². The molecule has 0 bridgehead atoms. The highest BCUT2D eigenvalue weighted by Crippen LogP contribution is 2.18. The van der Waals surface area contributed by atoms with Gasteiger partial charge in [0.05, 0.1) is 12.1 Å². The fourth-order valence-corrected chi connectivity index (χ4v) is 2.14. The van der Waals surface area contributed by atoms with Crippen LogP contribution in [0.4, 0.5) is 0 Å². The van der Waals surface area contributed by atoms with Gasteiger partial charge in [0.2, 0.25) is 5.91 Å². The highest BCUT2D eigenvalue weighted by Gasteiger charge is 2.30. The summed E-state index contributed by atoms with van der Waals surface area (Å²) < 4.78 is 0. The lowest BCUT2D eigenvalue weighted by Crippen LogP contribution is -2.53. The Bertz CT molecular complexity index is 213. The number of amides is 1. The molecule has 4 heteroatoms. The molecule has 0 atom stereocenters. The normalized spacial score (nSPS) is 18.4. The summed E-state index contributed by atoms with van der Waals surface area (Å²) in [5, 5.41) is 15.7. The molecule has 1 saturated heterocycles. The number of hydrogen-bond acceptors (Lipinski definition) is 3. The van der Waals surface area contributed by atoms with Crippen molar-refractivity contribution in [3.05, 3.63) is 0 Å². The van der Waals surface area contributed by atoms with Crippen molar-refractivity contribution in [2.24, 2.45) is 5.92 Å². The van der Waals surface area contributed by atoms with Crippen LogP contribution in [0.25, 0.3) is 0 Å². The van der Waals surface area contributed by atoms with Crippen molar-refractivity contribution in [3.8, 4) is 0 Å². The van der Waals surface area contributed by atoms with Crippen molar-refractivity contribution in [2.45, 2.75) is 45.1 Å². The highest BCUT2D eigenvalue weighted by atomic mass is 16.3. The van der Waals surface area contributed by atoms with Crippen LogP contribution >= 0.6 is 0 Å². The largest absolute Gasteiger partial charge is 0.394 e. The lowest BCUT2D eigenvalue weighted by atomic mass is 9.90. The summed E-state index contributed by atoms with van der Waals surface area (Å²) in [6, 6.07) is 0. The summed E-state index contributed by atoms with van der Waals surface area (Å²) in [5.41, 5.74) is -0.415. The zero-order valence-corrected chi connectivity index (χ0v) is 10.4. The summed E-state index contributed by atoms with van der Waals surface area (Å²) in [5.74, 6) is 0.226. The average Bonchev–Trinajstić information content (AvgIpc) is 2.37. The van der Waals surface area contributed by atoms with E-state index in [0.29, 0.717) is 0 Å². The molecule has 1 heterocycles. The number of piperidine rings is 1. The zero-order valence-electron chi connectivity index (χ0n) is 10.4. The van der Waals surface area contributed by atoms with E-state index in [4.69, 9.17) is 0 Å². The van der Waals surface area contributed by atoms with E-state index in [2.05, 4.69) is 10.6 Å². The fraction of sp³-hybridized carbons (Fsp3) is 0.917. The Morgan fingerprint density at radius 1 is 1.38 bits per heavy atom. The molecule has 1 aliphatic rings. The van der Waals surface area contributed by atoms with Crippen LogP contribution in [0.5, 0.6) is 0 Å². The van der Waals surface area contributed by atoms with Crippen LogP contribution in [0.3, 0.4) is 0 Å². The average molecular weight is 228 g/mol. The number of carbonyl (C=O) groups excluding carboxylic acids is 1. The molecule has 1 aliphatic heterocycles. The lowest BCUT2D eigenvalue weighted by molar-refractivity contribution is -0.128. The first kappa shape index (κ1) is 13.5. The Kier molecular flexibility index (Phi) is 5.22. The second kappa shape index (κ2) is 6.21. The molecule has 16 heavy (non-hydrogen) atoms. The third kappa shape index (κ3) is 3.19.